The van der Waals surface area contributed by atoms with Gasteiger partial charge < -0.3 is 5.73 Å². The number of hydrogen-bond donors (Lipinski definition) is 1. The summed E-state index contributed by atoms with van der Waals surface area (Å²) < 4.78 is 0. The van der Waals surface area contributed by atoms with Gasteiger partial charge in [-0.15, -0.1) is 0 Å². The molecule has 1 saturated heterocycles. The zero-order valence-corrected chi connectivity index (χ0v) is 8.28. The highest BCUT2D eigenvalue weighted by Gasteiger charge is 2.22. The fourth-order valence-corrected chi connectivity index (χ4v) is 2.44. The average molecular weight is 180 g/mol. The summed E-state index contributed by atoms with van der Waals surface area (Å²) in [4.78, 5) is 2.56. The third kappa shape index (κ3) is 2.32. The van der Waals surface area contributed by atoms with E-state index in [0.29, 0.717) is 12.1 Å². The van der Waals surface area contributed by atoms with Crippen LogP contribution in [0.5, 0.6) is 0 Å². The van der Waals surface area contributed by atoms with Crippen molar-refractivity contribution in [2.45, 2.75) is 44.2 Å². The Morgan fingerprint density at radius 3 is 2.85 bits per heavy atom. The van der Waals surface area contributed by atoms with Gasteiger partial charge in [-0.1, -0.05) is 12.2 Å². The molecule has 0 amide bonds. The summed E-state index contributed by atoms with van der Waals surface area (Å²) in [5, 5.41) is 0. The van der Waals surface area contributed by atoms with Gasteiger partial charge in [0.1, 0.15) is 0 Å². The predicted molar refractivity (Wildman–Crippen MR) is 55.6 cm³/mol. The van der Waals surface area contributed by atoms with Crippen molar-refractivity contribution >= 4 is 0 Å². The van der Waals surface area contributed by atoms with Crippen molar-refractivity contribution in [2.75, 3.05) is 13.1 Å². The molecule has 0 saturated carbocycles. The molecule has 2 atom stereocenters. The largest absolute Gasteiger partial charge is 0.327 e. The van der Waals surface area contributed by atoms with Crippen LogP contribution in [0.2, 0.25) is 0 Å². The number of nitrogens with two attached hydrogens (primary N) is 1. The van der Waals surface area contributed by atoms with Crippen LogP contribution in [0, 0.1) is 0 Å². The maximum absolute atomic E-state index is 5.97. The first-order valence-corrected chi connectivity index (χ1v) is 5.52. The summed E-state index contributed by atoms with van der Waals surface area (Å²) in [6, 6.07) is 1.11. The zero-order valence-electron chi connectivity index (χ0n) is 8.28. The van der Waals surface area contributed by atoms with E-state index in [1.165, 1.54) is 38.6 Å². The van der Waals surface area contributed by atoms with E-state index in [1.807, 2.05) is 0 Å². The maximum atomic E-state index is 5.97. The van der Waals surface area contributed by atoms with Crippen molar-refractivity contribution in [3.63, 3.8) is 0 Å². The smallest absolute Gasteiger partial charge is 0.0278 e. The average Bonchev–Trinajstić information content (AvgIpc) is 2.19. The van der Waals surface area contributed by atoms with E-state index in [2.05, 4.69) is 17.1 Å². The molecule has 1 fully saturated rings. The van der Waals surface area contributed by atoms with Crippen LogP contribution < -0.4 is 5.73 Å². The SMILES string of the molecule is N[C@@H]1CCCN(C2C=CCCC2)C1. The standard InChI is InChI=1S/C11H20N2/c12-10-5-4-8-13(9-10)11-6-2-1-3-7-11/h2,6,10-11H,1,3-5,7-9,12H2/t10-,11?/m1/s1. The third-order valence-electron chi connectivity index (χ3n) is 3.19. The van der Waals surface area contributed by atoms with E-state index < -0.39 is 0 Å². The minimum atomic E-state index is 0.420. The number of piperidine rings is 1. The molecule has 1 aliphatic carbocycles. The summed E-state index contributed by atoms with van der Waals surface area (Å²) in [7, 11) is 0. The number of allylic oxidation sites excluding steroid dienone is 1. The molecule has 0 bridgehead atoms. The molecular weight excluding hydrogens is 160 g/mol. The summed E-state index contributed by atoms with van der Waals surface area (Å²) in [6.45, 7) is 2.36. The molecule has 13 heavy (non-hydrogen) atoms. The van der Waals surface area contributed by atoms with E-state index in [0.717, 1.165) is 6.54 Å². The van der Waals surface area contributed by atoms with Gasteiger partial charge in [0.05, 0.1) is 0 Å². The van der Waals surface area contributed by atoms with Gasteiger partial charge in [0.25, 0.3) is 0 Å². The van der Waals surface area contributed by atoms with Gasteiger partial charge in [-0.2, -0.15) is 0 Å². The Balaban J connectivity index is 1.91. The summed E-state index contributed by atoms with van der Waals surface area (Å²) in [5.41, 5.74) is 5.97. The van der Waals surface area contributed by atoms with Crippen LogP contribution in [-0.4, -0.2) is 30.1 Å². The third-order valence-corrected chi connectivity index (χ3v) is 3.19. The molecule has 74 valence electrons. The molecule has 0 aromatic rings. The van der Waals surface area contributed by atoms with Gasteiger partial charge >= 0.3 is 0 Å². The second kappa shape index (κ2) is 4.25. The van der Waals surface area contributed by atoms with E-state index in [-0.39, 0.29) is 0 Å². The van der Waals surface area contributed by atoms with Gasteiger partial charge in [0.15, 0.2) is 0 Å². The van der Waals surface area contributed by atoms with E-state index in [1.54, 1.807) is 0 Å². The minimum absolute atomic E-state index is 0.420. The van der Waals surface area contributed by atoms with Crippen molar-refractivity contribution in [3.05, 3.63) is 12.2 Å². The Bertz CT molecular complexity index is 189. The summed E-state index contributed by atoms with van der Waals surface area (Å²) >= 11 is 0. The van der Waals surface area contributed by atoms with Gasteiger partial charge in [-0.3, -0.25) is 4.90 Å². The van der Waals surface area contributed by atoms with Crippen molar-refractivity contribution in [1.29, 1.82) is 0 Å². The molecule has 2 nitrogen and oxygen atoms in total. The molecule has 1 aliphatic heterocycles. The van der Waals surface area contributed by atoms with Gasteiger partial charge in [0.2, 0.25) is 0 Å². The summed E-state index contributed by atoms with van der Waals surface area (Å²) in [6.07, 6.45) is 11.2. The van der Waals surface area contributed by atoms with Crippen LogP contribution in [0.25, 0.3) is 0 Å². The van der Waals surface area contributed by atoms with E-state index in [4.69, 9.17) is 5.73 Å². The first-order valence-electron chi connectivity index (χ1n) is 5.52. The number of nitrogens with zero attached hydrogens (tertiary/aromatic N) is 1. The van der Waals surface area contributed by atoms with Crippen LogP contribution in [0.3, 0.4) is 0 Å². The normalized spacial score (nSPS) is 36.4. The number of rotatable bonds is 1. The second-order valence-corrected chi connectivity index (χ2v) is 4.32. The maximum Gasteiger partial charge on any atom is 0.0278 e. The molecular formula is C11H20N2. The van der Waals surface area contributed by atoms with Crippen molar-refractivity contribution in [1.82, 2.24) is 4.90 Å². The Kier molecular flexibility index (Phi) is 3.01. The van der Waals surface area contributed by atoms with Crippen molar-refractivity contribution in [2.24, 2.45) is 5.73 Å². The van der Waals surface area contributed by atoms with Crippen LogP contribution in [-0.2, 0) is 0 Å². The lowest BCUT2D eigenvalue weighted by Crippen LogP contribution is -2.47. The molecule has 0 spiro atoms. The number of likely N-dealkylation sites (tertiary alicyclic amines) is 1. The minimum Gasteiger partial charge on any atom is -0.327 e. The molecule has 2 heteroatoms. The molecule has 1 unspecified atom stereocenters. The van der Waals surface area contributed by atoms with Crippen LogP contribution in [0.1, 0.15) is 32.1 Å². The Morgan fingerprint density at radius 2 is 2.15 bits per heavy atom. The lowest BCUT2D eigenvalue weighted by molar-refractivity contribution is 0.164. The number of hydrogen-bond acceptors (Lipinski definition) is 2. The Hall–Kier alpha value is -0.340. The van der Waals surface area contributed by atoms with Gasteiger partial charge in [-0.25, -0.2) is 0 Å². The fourth-order valence-electron chi connectivity index (χ4n) is 2.44. The molecule has 0 radical (unpaired) electrons. The van der Waals surface area contributed by atoms with Crippen LogP contribution in [0.4, 0.5) is 0 Å². The molecule has 0 aromatic heterocycles. The van der Waals surface area contributed by atoms with Crippen LogP contribution in [0.15, 0.2) is 12.2 Å². The summed E-state index contributed by atoms with van der Waals surface area (Å²) in [5.74, 6) is 0. The second-order valence-electron chi connectivity index (χ2n) is 4.32. The quantitative estimate of drug-likeness (QED) is 0.620. The lowest BCUT2D eigenvalue weighted by Gasteiger charge is -2.36. The van der Waals surface area contributed by atoms with Gasteiger partial charge in [-0.05, 0) is 38.6 Å². The highest BCUT2D eigenvalue weighted by Crippen LogP contribution is 2.20. The lowest BCUT2D eigenvalue weighted by atomic mass is 9.98. The van der Waals surface area contributed by atoms with Gasteiger partial charge in [0, 0.05) is 18.6 Å². The fraction of sp³-hybridized carbons (Fsp3) is 0.818. The predicted octanol–water partition coefficient (Wildman–Crippen LogP) is 1.52. The Morgan fingerprint density at radius 1 is 1.23 bits per heavy atom. The van der Waals surface area contributed by atoms with E-state index in [9.17, 15) is 0 Å². The molecule has 2 aliphatic rings. The molecule has 2 N–H and O–H groups in total. The van der Waals surface area contributed by atoms with Crippen molar-refractivity contribution < 1.29 is 0 Å². The molecule has 0 aromatic carbocycles. The molecule has 1 heterocycles. The monoisotopic (exact) mass is 180 g/mol. The molecule has 2 rings (SSSR count). The first-order chi connectivity index (χ1) is 6.36. The zero-order chi connectivity index (χ0) is 9.10. The first kappa shape index (κ1) is 9.22. The highest BCUT2D eigenvalue weighted by atomic mass is 15.2. The van der Waals surface area contributed by atoms with E-state index >= 15 is 0 Å². The van der Waals surface area contributed by atoms with Crippen molar-refractivity contribution in [3.8, 4) is 0 Å². The van der Waals surface area contributed by atoms with Crippen LogP contribution >= 0.6 is 0 Å². The Labute approximate surface area is 80.8 Å². The highest BCUT2D eigenvalue weighted by molar-refractivity contribution is 4.99. The topological polar surface area (TPSA) is 29.3 Å².